The number of rotatable bonds is 6. The number of amides is 2. The van der Waals surface area contributed by atoms with E-state index in [1.165, 1.54) is 0 Å². The maximum Gasteiger partial charge on any atom is 0.272 e. The number of carbonyl (C=O) groups is 2. The van der Waals surface area contributed by atoms with Crippen molar-refractivity contribution in [3.05, 3.63) is 52.3 Å². The van der Waals surface area contributed by atoms with Gasteiger partial charge in [-0.2, -0.15) is 5.10 Å². The predicted molar refractivity (Wildman–Crippen MR) is 99.3 cm³/mol. The summed E-state index contributed by atoms with van der Waals surface area (Å²) in [6, 6.07) is 9.01. The van der Waals surface area contributed by atoms with Crippen LogP contribution in [0.5, 0.6) is 0 Å². The molecule has 8 heteroatoms. The molecule has 0 unspecified atom stereocenters. The molecule has 2 aromatic rings. The summed E-state index contributed by atoms with van der Waals surface area (Å²) < 4.78 is 1.61. The number of hydrogen-bond acceptors (Lipinski definition) is 4. The molecule has 0 saturated heterocycles. The number of hydrogen-bond donors (Lipinski definition) is 1. The lowest BCUT2D eigenvalue weighted by atomic mass is 10.2. The number of halogens is 1. The number of nitrogens with zero attached hydrogens (tertiary/aromatic N) is 4. The van der Waals surface area contributed by atoms with Crippen LogP contribution >= 0.6 is 11.6 Å². The molecule has 0 spiro atoms. The van der Waals surface area contributed by atoms with Crippen LogP contribution in [0.2, 0.25) is 5.02 Å². The Morgan fingerprint density at radius 1 is 1.27 bits per heavy atom. The zero-order valence-corrected chi connectivity index (χ0v) is 15.7. The van der Waals surface area contributed by atoms with Gasteiger partial charge in [-0.05, 0) is 31.8 Å². The zero-order valence-electron chi connectivity index (χ0n) is 14.9. The van der Waals surface area contributed by atoms with E-state index in [9.17, 15) is 9.59 Å². The smallest absolute Gasteiger partial charge is 0.272 e. The van der Waals surface area contributed by atoms with Crippen LogP contribution in [0.25, 0.3) is 0 Å². The fourth-order valence-electron chi connectivity index (χ4n) is 2.79. The molecule has 138 valence electrons. The van der Waals surface area contributed by atoms with Gasteiger partial charge in [0.15, 0.2) is 5.69 Å². The van der Waals surface area contributed by atoms with Crippen molar-refractivity contribution in [1.29, 1.82) is 0 Å². The number of fused-ring (bicyclic) bond motifs is 1. The molecule has 0 saturated carbocycles. The molecule has 0 aliphatic carbocycles. The summed E-state index contributed by atoms with van der Waals surface area (Å²) in [5.41, 5.74) is 1.74. The minimum Gasteiger partial charge on any atom is -0.349 e. The lowest BCUT2D eigenvalue weighted by Crippen LogP contribution is -2.39. The normalized spacial score (nSPS) is 13.8. The summed E-state index contributed by atoms with van der Waals surface area (Å²) in [6.07, 6.45) is 0. The summed E-state index contributed by atoms with van der Waals surface area (Å²) in [7, 11) is 3.88. The van der Waals surface area contributed by atoms with Crippen LogP contribution in [0.4, 0.5) is 0 Å². The highest BCUT2D eigenvalue weighted by molar-refractivity contribution is 6.30. The first kappa shape index (κ1) is 18.4. The minimum absolute atomic E-state index is 0.119. The lowest BCUT2D eigenvalue weighted by Gasteiger charge is -2.27. The van der Waals surface area contributed by atoms with Crippen LogP contribution in [0.1, 0.15) is 26.5 Å². The molecule has 1 aromatic heterocycles. The van der Waals surface area contributed by atoms with E-state index < -0.39 is 0 Å². The Hall–Kier alpha value is -2.38. The SMILES string of the molecule is CN(C)CCNC(=O)c1cc2n(n1)CCN(Cc1ccc(Cl)cc1)C2=O. The van der Waals surface area contributed by atoms with E-state index in [0.717, 1.165) is 12.1 Å². The van der Waals surface area contributed by atoms with Gasteiger partial charge in [-0.15, -0.1) is 0 Å². The van der Waals surface area contributed by atoms with E-state index >= 15 is 0 Å². The van der Waals surface area contributed by atoms with Crippen LogP contribution in [0.15, 0.2) is 30.3 Å². The van der Waals surface area contributed by atoms with Crippen LogP contribution < -0.4 is 5.32 Å². The molecule has 1 N–H and O–H groups in total. The predicted octanol–water partition coefficient (Wildman–Crippen LogP) is 1.48. The molecule has 1 aliphatic rings. The van der Waals surface area contributed by atoms with E-state index in [2.05, 4.69) is 10.4 Å². The molecule has 3 rings (SSSR count). The minimum atomic E-state index is -0.259. The Labute approximate surface area is 157 Å². The molecule has 26 heavy (non-hydrogen) atoms. The number of aromatic nitrogens is 2. The molecule has 0 fully saturated rings. The zero-order chi connectivity index (χ0) is 18.7. The highest BCUT2D eigenvalue weighted by Gasteiger charge is 2.27. The van der Waals surface area contributed by atoms with Gasteiger partial charge in [0.25, 0.3) is 11.8 Å². The van der Waals surface area contributed by atoms with E-state index in [1.54, 1.807) is 15.6 Å². The van der Waals surface area contributed by atoms with Gasteiger partial charge in [0, 0.05) is 37.3 Å². The fourth-order valence-corrected chi connectivity index (χ4v) is 2.92. The number of carbonyl (C=O) groups excluding carboxylic acids is 2. The monoisotopic (exact) mass is 375 g/mol. The van der Waals surface area contributed by atoms with Crippen molar-refractivity contribution in [3.8, 4) is 0 Å². The van der Waals surface area contributed by atoms with Crippen molar-refractivity contribution >= 4 is 23.4 Å². The second-order valence-corrected chi connectivity index (χ2v) is 6.99. The molecule has 7 nitrogen and oxygen atoms in total. The Bertz CT molecular complexity index is 800. The maximum absolute atomic E-state index is 12.7. The molecule has 0 bridgehead atoms. The van der Waals surface area contributed by atoms with Gasteiger partial charge in [0.05, 0.1) is 6.54 Å². The summed E-state index contributed by atoms with van der Waals surface area (Å²) >= 11 is 5.90. The lowest BCUT2D eigenvalue weighted by molar-refractivity contribution is 0.0683. The second-order valence-electron chi connectivity index (χ2n) is 6.55. The number of nitrogens with one attached hydrogen (secondary N) is 1. The van der Waals surface area contributed by atoms with Crippen molar-refractivity contribution in [1.82, 2.24) is 24.9 Å². The highest BCUT2D eigenvalue weighted by atomic mass is 35.5. The average Bonchev–Trinajstić information content (AvgIpc) is 3.04. The Morgan fingerprint density at radius 2 is 2.00 bits per heavy atom. The van der Waals surface area contributed by atoms with Crippen LogP contribution in [0.3, 0.4) is 0 Å². The summed E-state index contributed by atoms with van der Waals surface area (Å²) in [4.78, 5) is 28.7. The largest absolute Gasteiger partial charge is 0.349 e. The highest BCUT2D eigenvalue weighted by Crippen LogP contribution is 2.18. The molecule has 2 amide bonds. The van der Waals surface area contributed by atoms with Crippen LogP contribution in [0, 0.1) is 0 Å². The molecule has 0 atom stereocenters. The topological polar surface area (TPSA) is 70.5 Å². The van der Waals surface area contributed by atoms with Crippen molar-refractivity contribution in [2.45, 2.75) is 13.1 Å². The van der Waals surface area contributed by atoms with Gasteiger partial charge < -0.3 is 15.1 Å². The van der Waals surface area contributed by atoms with Crippen molar-refractivity contribution < 1.29 is 9.59 Å². The number of benzene rings is 1. The van der Waals surface area contributed by atoms with Crippen molar-refractivity contribution in [2.24, 2.45) is 0 Å². The van der Waals surface area contributed by atoms with E-state index in [1.807, 2.05) is 43.3 Å². The standard InChI is InChI=1S/C18H22ClN5O2/c1-22(2)8-7-20-17(25)15-11-16-18(26)23(9-10-24(16)21-15)12-13-3-5-14(19)6-4-13/h3-6,11H,7-10,12H2,1-2H3,(H,20,25). The van der Waals surface area contributed by atoms with Gasteiger partial charge in [-0.25, -0.2) is 0 Å². The molecule has 1 aliphatic heterocycles. The van der Waals surface area contributed by atoms with Crippen LogP contribution in [-0.4, -0.2) is 65.1 Å². The van der Waals surface area contributed by atoms with Crippen molar-refractivity contribution in [3.63, 3.8) is 0 Å². The fraction of sp³-hybridized carbons (Fsp3) is 0.389. The molecular weight excluding hydrogens is 354 g/mol. The first-order valence-electron chi connectivity index (χ1n) is 8.48. The first-order valence-corrected chi connectivity index (χ1v) is 8.86. The van der Waals surface area contributed by atoms with Crippen LogP contribution in [-0.2, 0) is 13.1 Å². The first-order chi connectivity index (χ1) is 12.4. The number of likely N-dealkylation sites (N-methyl/N-ethyl adjacent to an activating group) is 1. The molecule has 2 heterocycles. The van der Waals surface area contributed by atoms with Gasteiger partial charge in [0.2, 0.25) is 0 Å². The third-order valence-electron chi connectivity index (χ3n) is 4.23. The molecule has 1 aromatic carbocycles. The van der Waals surface area contributed by atoms with Crippen molar-refractivity contribution in [2.75, 3.05) is 33.7 Å². The summed E-state index contributed by atoms with van der Waals surface area (Å²) in [5.74, 6) is -0.378. The molecular formula is C18H22ClN5O2. The van der Waals surface area contributed by atoms with Gasteiger partial charge in [0.1, 0.15) is 5.69 Å². The Balaban J connectivity index is 1.67. The van der Waals surface area contributed by atoms with Gasteiger partial charge >= 0.3 is 0 Å². The van der Waals surface area contributed by atoms with E-state index in [0.29, 0.717) is 36.9 Å². The second kappa shape index (κ2) is 7.88. The summed E-state index contributed by atoms with van der Waals surface area (Å²) in [5, 5.41) is 7.76. The van der Waals surface area contributed by atoms with Gasteiger partial charge in [-0.1, -0.05) is 23.7 Å². The summed E-state index contributed by atoms with van der Waals surface area (Å²) in [6.45, 7) is 2.90. The van der Waals surface area contributed by atoms with E-state index in [-0.39, 0.29) is 17.5 Å². The Morgan fingerprint density at radius 3 is 2.69 bits per heavy atom. The average molecular weight is 376 g/mol. The van der Waals surface area contributed by atoms with Gasteiger partial charge in [-0.3, -0.25) is 14.3 Å². The maximum atomic E-state index is 12.7. The Kier molecular flexibility index (Phi) is 5.58. The quantitative estimate of drug-likeness (QED) is 0.830. The molecule has 0 radical (unpaired) electrons. The third-order valence-corrected chi connectivity index (χ3v) is 4.48. The third kappa shape index (κ3) is 4.23. The van der Waals surface area contributed by atoms with E-state index in [4.69, 9.17) is 11.6 Å².